The van der Waals surface area contributed by atoms with Crippen LogP contribution in [0, 0.1) is 0 Å². The van der Waals surface area contributed by atoms with Gasteiger partial charge in [0.25, 0.3) is 0 Å². The van der Waals surface area contributed by atoms with Crippen LogP contribution in [0.25, 0.3) is 0 Å². The van der Waals surface area contributed by atoms with Gasteiger partial charge in [0, 0.05) is 20.2 Å². The summed E-state index contributed by atoms with van der Waals surface area (Å²) >= 11 is 0. The number of carbonyl (C=O) groups excluding carboxylic acids is 1. The number of carbonyl (C=O) groups is 1. The van der Waals surface area contributed by atoms with Crippen LogP contribution in [0.2, 0.25) is 0 Å². The molecule has 0 rings (SSSR count). The molecule has 0 aromatic heterocycles. The van der Waals surface area contributed by atoms with Gasteiger partial charge in [0.2, 0.25) is 0 Å². The SMILES string of the molecule is CC(C)=O.O=S([O-])S(=O)[O-].[Na+].[Na+]. The van der Waals surface area contributed by atoms with Gasteiger partial charge in [-0.25, -0.2) is 0 Å². The molecule has 0 amide bonds. The maximum atomic E-state index is 9.44. The molecule has 0 saturated heterocycles. The molecular weight excluding hydrogens is 226 g/mol. The molecule has 0 radical (unpaired) electrons. The van der Waals surface area contributed by atoms with Crippen molar-refractivity contribution in [1.29, 1.82) is 0 Å². The summed E-state index contributed by atoms with van der Waals surface area (Å²) in [6, 6.07) is 0. The summed E-state index contributed by atoms with van der Waals surface area (Å²) in [7, 11) is -5.90. The first-order chi connectivity index (χ1) is 4.37. The molecule has 0 saturated carbocycles. The maximum Gasteiger partial charge on any atom is 1.00 e. The molecule has 0 aromatic carbocycles. The van der Waals surface area contributed by atoms with E-state index in [2.05, 4.69) is 0 Å². The van der Waals surface area contributed by atoms with Crippen LogP contribution in [-0.4, -0.2) is 23.3 Å². The minimum Gasteiger partial charge on any atom is -0.763 e. The van der Waals surface area contributed by atoms with Gasteiger partial charge in [0.1, 0.15) is 5.78 Å². The zero-order valence-corrected chi connectivity index (χ0v) is 13.0. The Labute approximate surface area is 120 Å². The average molecular weight is 232 g/mol. The smallest absolute Gasteiger partial charge is 0.763 e. The monoisotopic (exact) mass is 232 g/mol. The molecule has 0 spiro atoms. The molecule has 12 heavy (non-hydrogen) atoms. The van der Waals surface area contributed by atoms with Crippen LogP contribution in [0.15, 0.2) is 0 Å². The molecule has 2 atom stereocenters. The van der Waals surface area contributed by atoms with Crippen LogP contribution in [0.5, 0.6) is 0 Å². The average Bonchev–Trinajstić information content (AvgIpc) is 1.63. The fourth-order valence-electron chi connectivity index (χ4n) is 0. The van der Waals surface area contributed by atoms with E-state index < -0.39 is 20.2 Å². The van der Waals surface area contributed by atoms with Gasteiger partial charge in [-0.1, -0.05) is 0 Å². The Morgan fingerprint density at radius 2 is 1.08 bits per heavy atom. The molecule has 5 nitrogen and oxygen atoms in total. The van der Waals surface area contributed by atoms with Crippen LogP contribution in [-0.2, 0) is 25.0 Å². The molecule has 62 valence electrons. The van der Waals surface area contributed by atoms with Crippen molar-refractivity contribution in [2.75, 3.05) is 0 Å². The van der Waals surface area contributed by atoms with E-state index >= 15 is 0 Å². The van der Waals surface area contributed by atoms with Gasteiger partial charge in [0.15, 0.2) is 0 Å². The van der Waals surface area contributed by atoms with Crippen molar-refractivity contribution in [3.63, 3.8) is 0 Å². The fraction of sp³-hybridized carbons (Fsp3) is 0.667. The third-order valence-electron chi connectivity index (χ3n) is 0.111. The Bertz CT molecular complexity index is 145. The number of ketones is 1. The molecule has 2 unspecified atom stereocenters. The van der Waals surface area contributed by atoms with Gasteiger partial charge in [-0.3, -0.25) is 8.42 Å². The van der Waals surface area contributed by atoms with Crippen molar-refractivity contribution in [3.05, 3.63) is 0 Å². The van der Waals surface area contributed by atoms with Crippen LogP contribution >= 0.6 is 0 Å². The molecule has 0 aliphatic heterocycles. The van der Waals surface area contributed by atoms with E-state index in [9.17, 15) is 4.79 Å². The van der Waals surface area contributed by atoms with E-state index in [0.29, 0.717) is 0 Å². The minimum absolute atomic E-state index is 0. The Morgan fingerprint density at radius 3 is 1.08 bits per heavy atom. The van der Waals surface area contributed by atoms with Gasteiger partial charge < -0.3 is 13.9 Å². The zero-order valence-electron chi connectivity index (χ0n) is 7.36. The van der Waals surface area contributed by atoms with E-state index in [1.54, 1.807) is 0 Å². The predicted octanol–water partition coefficient (Wildman–Crippen LogP) is -6.74. The van der Waals surface area contributed by atoms with Crippen molar-refractivity contribution >= 4 is 26.0 Å². The molecule has 0 heterocycles. The predicted molar refractivity (Wildman–Crippen MR) is 34.2 cm³/mol. The molecule has 9 heteroatoms. The van der Waals surface area contributed by atoms with Crippen molar-refractivity contribution in [2.24, 2.45) is 0 Å². The van der Waals surface area contributed by atoms with Gasteiger partial charge in [-0.2, -0.15) is 0 Å². The topological polar surface area (TPSA) is 97.3 Å². The second kappa shape index (κ2) is 15.4. The quantitative estimate of drug-likeness (QED) is 0.254. The first kappa shape index (κ1) is 23.6. The standard InChI is InChI=1S/C3H6O.2Na.H2O4S2/c1-3(2)4;;;1-5(2)6(3)4/h1-2H3;;;(H,1,2)(H,3,4)/q;2*+1;/p-2. The minimum atomic E-state index is -2.95. The summed E-state index contributed by atoms with van der Waals surface area (Å²) in [5.74, 6) is 0.167. The Morgan fingerprint density at radius 1 is 1.00 bits per heavy atom. The molecule has 0 aliphatic carbocycles. The van der Waals surface area contributed by atoms with E-state index in [4.69, 9.17) is 17.5 Å². The Kier molecular flexibility index (Phi) is 30.2. The third-order valence-corrected chi connectivity index (χ3v) is 1.00. The van der Waals surface area contributed by atoms with Gasteiger partial charge in [-0.15, -0.1) is 0 Å². The second-order valence-electron chi connectivity index (χ2n) is 1.32. The van der Waals surface area contributed by atoms with Crippen LogP contribution in [0.1, 0.15) is 13.8 Å². The molecule has 0 fully saturated rings. The van der Waals surface area contributed by atoms with Gasteiger partial charge >= 0.3 is 59.1 Å². The fourth-order valence-corrected chi connectivity index (χ4v) is 0. The maximum absolute atomic E-state index is 9.44. The summed E-state index contributed by atoms with van der Waals surface area (Å²) in [5.41, 5.74) is 0. The molecule has 0 bridgehead atoms. The largest absolute Gasteiger partial charge is 1.00 e. The number of Topliss-reactive ketones (excluding diaryl/α,β-unsaturated/α-hetero) is 1. The van der Waals surface area contributed by atoms with Crippen molar-refractivity contribution in [1.82, 2.24) is 0 Å². The van der Waals surface area contributed by atoms with Crippen molar-refractivity contribution < 1.29 is 81.4 Å². The summed E-state index contributed by atoms with van der Waals surface area (Å²) in [5, 5.41) is 0. The molecule has 0 N–H and O–H groups in total. The first-order valence-corrected chi connectivity index (χ1v) is 4.70. The van der Waals surface area contributed by atoms with Crippen molar-refractivity contribution in [3.8, 4) is 0 Å². The van der Waals surface area contributed by atoms with E-state index in [1.807, 2.05) is 0 Å². The number of rotatable bonds is 1. The second-order valence-corrected chi connectivity index (χ2v) is 3.77. The summed E-state index contributed by atoms with van der Waals surface area (Å²) in [6.45, 7) is 3.06. The summed E-state index contributed by atoms with van der Waals surface area (Å²) in [4.78, 5) is 9.44. The third kappa shape index (κ3) is 40.6. The van der Waals surface area contributed by atoms with E-state index in [1.165, 1.54) is 13.8 Å². The zero-order chi connectivity index (χ0) is 8.73. The first-order valence-electron chi connectivity index (χ1n) is 2.04. The molecule has 0 aliphatic rings. The van der Waals surface area contributed by atoms with Gasteiger partial charge in [-0.05, 0) is 13.8 Å². The van der Waals surface area contributed by atoms with Crippen LogP contribution < -0.4 is 59.1 Å². The van der Waals surface area contributed by atoms with E-state index in [-0.39, 0.29) is 64.9 Å². The van der Waals surface area contributed by atoms with Gasteiger partial charge in [0.05, 0.1) is 0 Å². The Hall–Kier alpha value is 1.89. The Balaban J connectivity index is -0.0000000483. The molecule has 0 aromatic rings. The summed E-state index contributed by atoms with van der Waals surface area (Å²) < 4.78 is 36.3. The summed E-state index contributed by atoms with van der Waals surface area (Å²) in [6.07, 6.45) is 0. The number of hydrogen-bond donors (Lipinski definition) is 0. The van der Waals surface area contributed by atoms with Crippen LogP contribution in [0.4, 0.5) is 0 Å². The normalized spacial score (nSPS) is 12.0. The van der Waals surface area contributed by atoms with E-state index in [0.717, 1.165) is 0 Å². The number of hydrogen-bond acceptors (Lipinski definition) is 5. The molecular formula is C3H6Na2O5S2. The van der Waals surface area contributed by atoms with Crippen LogP contribution in [0.3, 0.4) is 0 Å². The van der Waals surface area contributed by atoms with Crippen molar-refractivity contribution in [2.45, 2.75) is 13.8 Å².